The summed E-state index contributed by atoms with van der Waals surface area (Å²) in [6.07, 6.45) is -5.04. The number of aryl methyl sites for hydroxylation is 2. The molecule has 1 N–H and O–H groups in total. The summed E-state index contributed by atoms with van der Waals surface area (Å²) in [5, 5.41) is 0. The van der Waals surface area contributed by atoms with Crippen LogP contribution in [0.5, 0.6) is 0 Å². The fourth-order valence-corrected chi connectivity index (χ4v) is 2.08. The van der Waals surface area contributed by atoms with Crippen molar-refractivity contribution in [2.24, 2.45) is 0 Å². The zero-order valence-corrected chi connectivity index (χ0v) is 9.95. The third-order valence-corrected chi connectivity index (χ3v) is 2.96. The maximum absolute atomic E-state index is 12.2. The van der Waals surface area contributed by atoms with Gasteiger partial charge < -0.3 is 9.55 Å². The van der Waals surface area contributed by atoms with Crippen LogP contribution in [0.1, 0.15) is 12.0 Å². The molecule has 0 amide bonds. The summed E-state index contributed by atoms with van der Waals surface area (Å²) in [6.45, 7) is 1.74. The van der Waals surface area contributed by atoms with Crippen LogP contribution in [0.15, 0.2) is 18.2 Å². The van der Waals surface area contributed by atoms with Crippen molar-refractivity contribution in [3.63, 3.8) is 0 Å². The molecule has 6 heteroatoms. The predicted octanol–water partition coefficient (Wildman–Crippen LogP) is 3.96. The minimum Gasteiger partial charge on any atom is -0.330 e. The number of nitrogens with zero attached hydrogens (tertiary/aromatic N) is 1. The van der Waals surface area contributed by atoms with Crippen molar-refractivity contribution in [3.05, 3.63) is 28.5 Å². The van der Waals surface area contributed by atoms with E-state index in [9.17, 15) is 13.2 Å². The zero-order chi connectivity index (χ0) is 12.6. The molecule has 2 aromatic rings. The fourth-order valence-electron chi connectivity index (χ4n) is 1.78. The molecule has 2 nitrogen and oxygen atoms in total. The molecule has 2 rings (SSSR count). The Morgan fingerprint density at radius 3 is 2.71 bits per heavy atom. The molecule has 0 aliphatic heterocycles. The van der Waals surface area contributed by atoms with E-state index < -0.39 is 12.6 Å². The van der Waals surface area contributed by atoms with Gasteiger partial charge in [-0.05, 0) is 30.8 Å². The molecule has 0 fully saturated rings. The molecular formula is C11H11F3N2S. The van der Waals surface area contributed by atoms with Crippen LogP contribution in [0.4, 0.5) is 13.2 Å². The first-order valence-electron chi connectivity index (χ1n) is 5.13. The molecule has 1 aromatic heterocycles. The van der Waals surface area contributed by atoms with Crippen LogP contribution in [0.3, 0.4) is 0 Å². The summed E-state index contributed by atoms with van der Waals surface area (Å²) >= 11 is 5.04. The van der Waals surface area contributed by atoms with Crippen LogP contribution in [0.25, 0.3) is 11.0 Å². The summed E-state index contributed by atoms with van der Waals surface area (Å²) in [6, 6.07) is 5.47. The Balaban J connectivity index is 2.44. The zero-order valence-electron chi connectivity index (χ0n) is 9.14. The van der Waals surface area contributed by atoms with Gasteiger partial charge in [-0.25, -0.2) is 0 Å². The molecule has 0 bridgehead atoms. The first-order chi connectivity index (χ1) is 7.88. The highest BCUT2D eigenvalue weighted by atomic mass is 32.1. The normalized spacial score (nSPS) is 12.2. The number of halogens is 3. The SMILES string of the molecule is Cc1cccc2c1[nH]c(=S)n2CCC(F)(F)F. The van der Waals surface area contributed by atoms with Crippen LogP contribution < -0.4 is 0 Å². The smallest absolute Gasteiger partial charge is 0.330 e. The monoisotopic (exact) mass is 260 g/mol. The number of imidazole rings is 1. The van der Waals surface area contributed by atoms with Gasteiger partial charge in [-0.15, -0.1) is 0 Å². The molecule has 0 radical (unpaired) electrons. The molecular weight excluding hydrogens is 249 g/mol. The first-order valence-corrected chi connectivity index (χ1v) is 5.54. The van der Waals surface area contributed by atoms with Gasteiger partial charge in [-0.2, -0.15) is 13.2 Å². The van der Waals surface area contributed by atoms with Crippen LogP contribution in [0, 0.1) is 11.7 Å². The Morgan fingerprint density at radius 2 is 2.06 bits per heavy atom. The second kappa shape index (κ2) is 4.18. The van der Waals surface area contributed by atoms with Crippen molar-refractivity contribution < 1.29 is 13.2 Å². The topological polar surface area (TPSA) is 20.7 Å². The van der Waals surface area contributed by atoms with Gasteiger partial charge in [0.25, 0.3) is 0 Å². The van der Waals surface area contributed by atoms with Crippen molar-refractivity contribution in [1.29, 1.82) is 0 Å². The number of nitrogens with one attached hydrogen (secondary N) is 1. The number of fused-ring (bicyclic) bond motifs is 1. The number of rotatable bonds is 2. The lowest BCUT2D eigenvalue weighted by Crippen LogP contribution is -2.12. The van der Waals surface area contributed by atoms with E-state index in [4.69, 9.17) is 12.2 Å². The third kappa shape index (κ3) is 2.52. The molecule has 0 saturated heterocycles. The molecule has 0 atom stereocenters. The molecule has 17 heavy (non-hydrogen) atoms. The van der Waals surface area contributed by atoms with Gasteiger partial charge in [0.05, 0.1) is 17.5 Å². The number of benzene rings is 1. The van der Waals surface area contributed by atoms with Crippen molar-refractivity contribution >= 4 is 23.3 Å². The molecule has 0 aliphatic rings. The van der Waals surface area contributed by atoms with Gasteiger partial charge >= 0.3 is 6.18 Å². The van der Waals surface area contributed by atoms with Gasteiger partial charge in [0.2, 0.25) is 0 Å². The van der Waals surface area contributed by atoms with E-state index in [1.807, 2.05) is 19.1 Å². The second-order valence-electron chi connectivity index (χ2n) is 3.92. The Bertz CT molecular complexity index is 595. The highest BCUT2D eigenvalue weighted by Gasteiger charge is 2.27. The van der Waals surface area contributed by atoms with E-state index in [-0.39, 0.29) is 6.54 Å². The summed E-state index contributed by atoms with van der Waals surface area (Å²) in [5.41, 5.74) is 2.50. The minimum atomic E-state index is -4.16. The van der Waals surface area contributed by atoms with E-state index in [2.05, 4.69) is 4.98 Å². The maximum atomic E-state index is 12.2. The highest BCUT2D eigenvalue weighted by Crippen LogP contribution is 2.23. The van der Waals surface area contributed by atoms with Gasteiger partial charge in [0.1, 0.15) is 0 Å². The van der Waals surface area contributed by atoms with Crippen LogP contribution in [-0.2, 0) is 6.54 Å². The maximum Gasteiger partial charge on any atom is 0.390 e. The number of aromatic amines is 1. The standard InChI is InChI=1S/C11H11F3N2S/c1-7-3-2-4-8-9(7)15-10(17)16(8)6-5-11(12,13)14/h2-4H,5-6H2,1H3,(H,15,17). The average molecular weight is 260 g/mol. The van der Waals surface area contributed by atoms with E-state index in [1.54, 1.807) is 6.07 Å². The lowest BCUT2D eigenvalue weighted by molar-refractivity contribution is -0.136. The van der Waals surface area contributed by atoms with Crippen LogP contribution in [-0.4, -0.2) is 15.7 Å². The van der Waals surface area contributed by atoms with Crippen molar-refractivity contribution in [1.82, 2.24) is 9.55 Å². The second-order valence-corrected chi connectivity index (χ2v) is 4.30. The van der Waals surface area contributed by atoms with Crippen molar-refractivity contribution in [3.8, 4) is 0 Å². The lowest BCUT2D eigenvalue weighted by atomic mass is 10.2. The van der Waals surface area contributed by atoms with Crippen molar-refractivity contribution in [2.45, 2.75) is 26.1 Å². The minimum absolute atomic E-state index is 0.147. The lowest BCUT2D eigenvalue weighted by Gasteiger charge is -2.07. The molecule has 0 saturated carbocycles. The third-order valence-electron chi connectivity index (χ3n) is 2.64. The number of hydrogen-bond acceptors (Lipinski definition) is 1. The van der Waals surface area contributed by atoms with Crippen LogP contribution in [0.2, 0.25) is 0 Å². The summed E-state index contributed by atoms with van der Waals surface area (Å²) in [7, 11) is 0. The van der Waals surface area contributed by atoms with E-state index >= 15 is 0 Å². The number of alkyl halides is 3. The molecule has 0 unspecified atom stereocenters. The number of aromatic nitrogens is 2. The molecule has 0 aliphatic carbocycles. The Morgan fingerprint density at radius 1 is 1.35 bits per heavy atom. The Kier molecular flexibility index (Phi) is 2.99. The number of H-pyrrole nitrogens is 1. The summed E-state index contributed by atoms with van der Waals surface area (Å²) in [4.78, 5) is 2.94. The number of hydrogen-bond donors (Lipinski definition) is 1. The average Bonchev–Trinajstić information content (AvgIpc) is 2.52. The van der Waals surface area contributed by atoms with Crippen molar-refractivity contribution in [2.75, 3.05) is 0 Å². The number of para-hydroxylation sites is 1. The van der Waals surface area contributed by atoms with E-state index in [0.717, 1.165) is 16.6 Å². The fraction of sp³-hybridized carbons (Fsp3) is 0.364. The quantitative estimate of drug-likeness (QED) is 0.810. The molecule has 1 aromatic carbocycles. The van der Waals surface area contributed by atoms with Gasteiger partial charge in [0.15, 0.2) is 4.77 Å². The molecule has 0 spiro atoms. The summed E-state index contributed by atoms with van der Waals surface area (Å²) in [5.74, 6) is 0. The van der Waals surface area contributed by atoms with Crippen LogP contribution >= 0.6 is 12.2 Å². The van der Waals surface area contributed by atoms with Gasteiger partial charge in [-0.1, -0.05) is 12.1 Å². The van der Waals surface area contributed by atoms with E-state index in [1.165, 1.54) is 4.57 Å². The largest absolute Gasteiger partial charge is 0.390 e. The first kappa shape index (κ1) is 12.2. The van der Waals surface area contributed by atoms with Gasteiger partial charge in [0, 0.05) is 6.54 Å². The highest BCUT2D eigenvalue weighted by molar-refractivity contribution is 7.71. The van der Waals surface area contributed by atoms with E-state index in [0.29, 0.717) is 4.77 Å². The summed E-state index contributed by atoms with van der Waals surface area (Å²) < 4.78 is 38.4. The predicted molar refractivity (Wildman–Crippen MR) is 62.5 cm³/mol. The Hall–Kier alpha value is -1.30. The molecule has 92 valence electrons. The Labute approximate surface area is 101 Å². The van der Waals surface area contributed by atoms with Gasteiger partial charge in [-0.3, -0.25) is 0 Å². The molecule has 1 heterocycles.